The fourth-order valence-corrected chi connectivity index (χ4v) is 5.14. The Balaban J connectivity index is 1.61. The summed E-state index contributed by atoms with van der Waals surface area (Å²) in [5, 5.41) is 3.52. The lowest BCUT2D eigenvalue weighted by molar-refractivity contribution is -0.137. The third kappa shape index (κ3) is 2.49. The number of fused-ring (bicyclic) bond motifs is 2. The van der Waals surface area contributed by atoms with Gasteiger partial charge in [-0.2, -0.15) is 0 Å². The summed E-state index contributed by atoms with van der Waals surface area (Å²) in [6.45, 7) is 4.19. The Morgan fingerprint density at radius 3 is 2.75 bits per heavy atom. The molecule has 1 heterocycles. The van der Waals surface area contributed by atoms with Crippen molar-refractivity contribution < 1.29 is 4.79 Å². The molecular weight excluding hydrogens is 248 g/mol. The van der Waals surface area contributed by atoms with Gasteiger partial charge >= 0.3 is 0 Å². The molecule has 1 N–H and O–H groups in total. The minimum Gasteiger partial charge on any atom is -0.344 e. The largest absolute Gasteiger partial charge is 0.344 e. The lowest BCUT2D eigenvalue weighted by atomic mass is 9.87. The Hall–Kier alpha value is -0.570. The normalized spacial score (nSPS) is 39.4. The molecule has 114 valence electrons. The molecule has 4 atom stereocenters. The average molecular weight is 278 g/mol. The molecule has 1 amide bonds. The van der Waals surface area contributed by atoms with Gasteiger partial charge in [0.2, 0.25) is 5.91 Å². The van der Waals surface area contributed by atoms with Gasteiger partial charge in [-0.15, -0.1) is 0 Å². The van der Waals surface area contributed by atoms with E-state index in [-0.39, 0.29) is 5.54 Å². The van der Waals surface area contributed by atoms with Crippen LogP contribution in [0.3, 0.4) is 0 Å². The van der Waals surface area contributed by atoms with Gasteiger partial charge in [-0.1, -0.05) is 19.8 Å². The Bertz CT molecular complexity index is 362. The third-order valence-electron chi connectivity index (χ3n) is 6.07. The Kier molecular flexibility index (Phi) is 4.07. The van der Waals surface area contributed by atoms with Crippen molar-refractivity contribution in [1.29, 1.82) is 0 Å². The molecule has 3 nitrogen and oxygen atoms in total. The number of amides is 1. The molecule has 1 aliphatic heterocycles. The van der Waals surface area contributed by atoms with Gasteiger partial charge < -0.3 is 10.2 Å². The molecule has 0 aromatic rings. The Morgan fingerprint density at radius 2 is 2.20 bits per heavy atom. The van der Waals surface area contributed by atoms with Gasteiger partial charge in [0.25, 0.3) is 0 Å². The van der Waals surface area contributed by atoms with Gasteiger partial charge in [0.05, 0.1) is 5.54 Å². The molecule has 2 saturated carbocycles. The summed E-state index contributed by atoms with van der Waals surface area (Å²) in [4.78, 5) is 15.0. The summed E-state index contributed by atoms with van der Waals surface area (Å²) in [7, 11) is 2.03. The first kappa shape index (κ1) is 14.4. The fourth-order valence-electron chi connectivity index (χ4n) is 5.14. The van der Waals surface area contributed by atoms with Gasteiger partial charge in [0, 0.05) is 13.6 Å². The van der Waals surface area contributed by atoms with Crippen LogP contribution in [0.4, 0.5) is 0 Å². The van der Waals surface area contributed by atoms with Crippen LogP contribution in [-0.2, 0) is 4.79 Å². The predicted molar refractivity (Wildman–Crippen MR) is 81.5 cm³/mol. The molecule has 0 aromatic heterocycles. The maximum atomic E-state index is 12.9. The molecule has 3 aliphatic rings. The van der Waals surface area contributed by atoms with Gasteiger partial charge in [0.1, 0.15) is 0 Å². The van der Waals surface area contributed by atoms with Gasteiger partial charge in [0.15, 0.2) is 0 Å². The van der Waals surface area contributed by atoms with E-state index >= 15 is 0 Å². The van der Waals surface area contributed by atoms with E-state index in [0.29, 0.717) is 5.91 Å². The van der Waals surface area contributed by atoms with Crippen LogP contribution >= 0.6 is 0 Å². The van der Waals surface area contributed by atoms with Crippen molar-refractivity contribution in [2.75, 3.05) is 20.1 Å². The molecule has 3 heteroatoms. The molecule has 2 aliphatic carbocycles. The molecule has 4 unspecified atom stereocenters. The van der Waals surface area contributed by atoms with Crippen molar-refractivity contribution >= 4 is 5.91 Å². The number of rotatable bonds is 5. The van der Waals surface area contributed by atoms with E-state index in [1.54, 1.807) is 0 Å². The highest BCUT2D eigenvalue weighted by atomic mass is 16.2. The summed E-state index contributed by atoms with van der Waals surface area (Å²) in [5.74, 6) is 3.03. The van der Waals surface area contributed by atoms with Crippen molar-refractivity contribution in [2.24, 2.45) is 17.8 Å². The standard InChI is InChI=1S/C17H30N2O/c1-3-7-17(8-4-9-18-17)16(20)19(2)12-15-11-13-5-6-14(15)10-13/h13-15,18H,3-12H2,1-2H3. The number of nitrogens with zero attached hydrogens (tertiary/aromatic N) is 1. The van der Waals surface area contributed by atoms with Crippen molar-refractivity contribution in [2.45, 2.75) is 63.8 Å². The zero-order chi connectivity index (χ0) is 14.2. The highest BCUT2D eigenvalue weighted by Crippen LogP contribution is 2.48. The number of likely N-dealkylation sites (N-methyl/N-ethyl adjacent to an activating group) is 1. The van der Waals surface area contributed by atoms with Gasteiger partial charge in [-0.05, 0) is 62.8 Å². The van der Waals surface area contributed by atoms with Crippen LogP contribution in [0.2, 0.25) is 0 Å². The first-order valence-corrected chi connectivity index (χ1v) is 8.65. The van der Waals surface area contributed by atoms with Crippen molar-refractivity contribution in [3.63, 3.8) is 0 Å². The van der Waals surface area contributed by atoms with Crippen LogP contribution in [0, 0.1) is 17.8 Å². The molecule has 0 aromatic carbocycles. The van der Waals surface area contributed by atoms with Crippen LogP contribution < -0.4 is 5.32 Å². The first-order chi connectivity index (χ1) is 9.64. The number of hydrogen-bond donors (Lipinski definition) is 1. The van der Waals surface area contributed by atoms with Gasteiger partial charge in [-0.3, -0.25) is 4.79 Å². The van der Waals surface area contributed by atoms with E-state index in [2.05, 4.69) is 17.1 Å². The van der Waals surface area contributed by atoms with E-state index in [4.69, 9.17) is 0 Å². The van der Waals surface area contributed by atoms with Crippen molar-refractivity contribution in [3.8, 4) is 0 Å². The summed E-state index contributed by atoms with van der Waals surface area (Å²) in [6.07, 6.45) is 9.92. The maximum absolute atomic E-state index is 12.9. The summed E-state index contributed by atoms with van der Waals surface area (Å²) >= 11 is 0. The molecule has 3 rings (SSSR count). The molecule has 0 spiro atoms. The van der Waals surface area contributed by atoms with Crippen LogP contribution in [0.25, 0.3) is 0 Å². The van der Waals surface area contributed by atoms with Crippen LogP contribution in [-0.4, -0.2) is 36.5 Å². The number of carbonyl (C=O) groups is 1. The summed E-state index contributed by atoms with van der Waals surface area (Å²) < 4.78 is 0. The highest BCUT2D eigenvalue weighted by Gasteiger charge is 2.44. The Labute approximate surface area is 123 Å². The lowest BCUT2D eigenvalue weighted by Gasteiger charge is -2.35. The predicted octanol–water partition coefficient (Wildman–Crippen LogP) is 2.80. The summed E-state index contributed by atoms with van der Waals surface area (Å²) in [6, 6.07) is 0. The highest BCUT2D eigenvalue weighted by molar-refractivity contribution is 5.86. The summed E-state index contributed by atoms with van der Waals surface area (Å²) in [5.41, 5.74) is -0.235. The molecular formula is C17H30N2O. The Morgan fingerprint density at radius 1 is 1.35 bits per heavy atom. The molecule has 0 radical (unpaired) electrons. The maximum Gasteiger partial charge on any atom is 0.242 e. The van der Waals surface area contributed by atoms with E-state index in [0.717, 1.165) is 56.5 Å². The molecule has 20 heavy (non-hydrogen) atoms. The van der Waals surface area contributed by atoms with Crippen LogP contribution in [0.15, 0.2) is 0 Å². The SMILES string of the molecule is CCCC1(C(=O)N(C)CC2CC3CCC2C3)CCCN1. The van der Waals surface area contributed by atoms with E-state index < -0.39 is 0 Å². The van der Waals surface area contributed by atoms with E-state index in [1.807, 2.05) is 7.05 Å². The van der Waals surface area contributed by atoms with Crippen LogP contribution in [0.1, 0.15) is 58.3 Å². The first-order valence-electron chi connectivity index (χ1n) is 8.65. The van der Waals surface area contributed by atoms with Gasteiger partial charge in [-0.25, -0.2) is 0 Å². The molecule has 1 saturated heterocycles. The quantitative estimate of drug-likeness (QED) is 0.838. The lowest BCUT2D eigenvalue weighted by Crippen LogP contribution is -2.54. The number of nitrogens with one attached hydrogen (secondary N) is 1. The van der Waals surface area contributed by atoms with Crippen molar-refractivity contribution in [3.05, 3.63) is 0 Å². The third-order valence-corrected chi connectivity index (χ3v) is 6.07. The van der Waals surface area contributed by atoms with Crippen LogP contribution in [0.5, 0.6) is 0 Å². The van der Waals surface area contributed by atoms with E-state index in [1.165, 1.54) is 25.7 Å². The number of carbonyl (C=O) groups excluding carboxylic acids is 1. The topological polar surface area (TPSA) is 32.3 Å². The second-order valence-corrected chi connectivity index (χ2v) is 7.48. The minimum atomic E-state index is -0.235. The van der Waals surface area contributed by atoms with E-state index in [9.17, 15) is 4.79 Å². The average Bonchev–Trinajstić information content (AvgIpc) is 3.14. The molecule has 2 bridgehead atoms. The van der Waals surface area contributed by atoms with Crippen molar-refractivity contribution in [1.82, 2.24) is 10.2 Å². The molecule has 3 fully saturated rings. The monoisotopic (exact) mass is 278 g/mol. The smallest absolute Gasteiger partial charge is 0.242 e. The fraction of sp³-hybridized carbons (Fsp3) is 0.941. The zero-order valence-electron chi connectivity index (χ0n) is 13.2. The zero-order valence-corrected chi connectivity index (χ0v) is 13.2. The number of hydrogen-bond acceptors (Lipinski definition) is 2. The minimum absolute atomic E-state index is 0.235. The second-order valence-electron chi connectivity index (χ2n) is 7.48. The second kappa shape index (κ2) is 5.67.